The first-order valence-electron chi connectivity index (χ1n) is 4.29. The van der Waals surface area contributed by atoms with Crippen LogP contribution in [-0.4, -0.2) is 49.1 Å². The third kappa shape index (κ3) is 3.45. The maximum atomic E-state index is 3.36. The molecule has 1 rings (SSSR count). The van der Waals surface area contributed by atoms with Gasteiger partial charge in [0.1, 0.15) is 0 Å². The summed E-state index contributed by atoms with van der Waals surface area (Å²) in [7, 11) is 0. The monoisotopic (exact) mass is 174 g/mol. The van der Waals surface area contributed by atoms with Crippen LogP contribution >= 0.6 is 11.8 Å². The van der Waals surface area contributed by atoms with Crippen LogP contribution in [0.25, 0.3) is 0 Å². The Morgan fingerprint density at radius 2 is 2.09 bits per heavy atom. The third-order valence-electron chi connectivity index (χ3n) is 2.13. The molecule has 0 aromatic carbocycles. The summed E-state index contributed by atoms with van der Waals surface area (Å²) in [5, 5.41) is 4.14. The average Bonchev–Trinajstić information content (AvgIpc) is 2.06. The maximum Gasteiger partial charge on any atom is 0.0143 e. The van der Waals surface area contributed by atoms with E-state index in [1.807, 2.05) is 11.8 Å². The van der Waals surface area contributed by atoms with E-state index in [4.69, 9.17) is 0 Å². The van der Waals surface area contributed by atoms with Crippen molar-refractivity contribution in [1.29, 1.82) is 0 Å². The molecular formula is C8H18N2S. The Morgan fingerprint density at radius 3 is 2.64 bits per heavy atom. The maximum absolute atomic E-state index is 3.36. The van der Waals surface area contributed by atoms with Crippen molar-refractivity contribution in [2.45, 2.75) is 12.2 Å². The molecule has 3 heteroatoms. The van der Waals surface area contributed by atoms with Gasteiger partial charge in [-0.1, -0.05) is 6.92 Å². The van der Waals surface area contributed by atoms with Gasteiger partial charge in [0.25, 0.3) is 0 Å². The lowest BCUT2D eigenvalue weighted by Crippen LogP contribution is -2.45. The van der Waals surface area contributed by atoms with Crippen molar-refractivity contribution in [3.8, 4) is 0 Å². The Morgan fingerprint density at radius 1 is 1.45 bits per heavy atom. The summed E-state index contributed by atoms with van der Waals surface area (Å²) >= 11 is 1.96. The van der Waals surface area contributed by atoms with Crippen molar-refractivity contribution in [3.05, 3.63) is 0 Å². The number of nitrogens with one attached hydrogen (secondary N) is 1. The van der Waals surface area contributed by atoms with Gasteiger partial charge in [-0.05, 0) is 6.26 Å². The van der Waals surface area contributed by atoms with Gasteiger partial charge in [-0.2, -0.15) is 11.8 Å². The molecule has 0 aliphatic carbocycles. The number of thioether (sulfide) groups is 1. The van der Waals surface area contributed by atoms with Crippen LogP contribution < -0.4 is 5.32 Å². The number of piperazine rings is 1. The highest BCUT2D eigenvalue weighted by molar-refractivity contribution is 7.99. The molecule has 1 saturated heterocycles. The third-order valence-corrected chi connectivity index (χ3v) is 3.08. The fourth-order valence-electron chi connectivity index (χ4n) is 1.33. The van der Waals surface area contributed by atoms with Gasteiger partial charge in [-0.25, -0.2) is 0 Å². The zero-order chi connectivity index (χ0) is 8.10. The van der Waals surface area contributed by atoms with E-state index in [9.17, 15) is 0 Å². The van der Waals surface area contributed by atoms with Gasteiger partial charge in [0.15, 0.2) is 0 Å². The summed E-state index contributed by atoms with van der Waals surface area (Å²) in [5.74, 6) is 0. The Hall–Kier alpha value is 0.270. The lowest BCUT2D eigenvalue weighted by atomic mass is 10.3. The normalized spacial score (nSPS) is 23.5. The van der Waals surface area contributed by atoms with Crippen molar-refractivity contribution < 1.29 is 0 Å². The molecule has 0 aromatic rings. The van der Waals surface area contributed by atoms with E-state index in [1.54, 1.807) is 0 Å². The zero-order valence-corrected chi connectivity index (χ0v) is 8.28. The number of rotatable bonds is 3. The molecule has 1 fully saturated rings. The Balaban J connectivity index is 2.13. The molecule has 0 amide bonds. The molecule has 1 atom stereocenters. The highest BCUT2D eigenvalue weighted by Gasteiger charge is 2.11. The van der Waals surface area contributed by atoms with Crippen LogP contribution in [0.5, 0.6) is 0 Å². The van der Waals surface area contributed by atoms with Crippen molar-refractivity contribution >= 4 is 11.8 Å². The number of hydrogen-bond donors (Lipinski definition) is 1. The van der Waals surface area contributed by atoms with Crippen molar-refractivity contribution in [2.75, 3.05) is 39.0 Å². The SMILES string of the molecule is CSC(C)CN1CCNCC1. The van der Waals surface area contributed by atoms with E-state index in [-0.39, 0.29) is 0 Å². The van der Waals surface area contributed by atoms with Crippen LogP contribution in [0, 0.1) is 0 Å². The predicted molar refractivity (Wildman–Crippen MR) is 52.3 cm³/mol. The molecule has 1 unspecified atom stereocenters. The molecule has 2 nitrogen and oxygen atoms in total. The molecule has 1 heterocycles. The molecule has 66 valence electrons. The van der Waals surface area contributed by atoms with E-state index in [2.05, 4.69) is 23.4 Å². The minimum absolute atomic E-state index is 0.785. The largest absolute Gasteiger partial charge is 0.314 e. The predicted octanol–water partition coefficient (Wildman–Crippen LogP) is 0.643. The quantitative estimate of drug-likeness (QED) is 0.676. The van der Waals surface area contributed by atoms with E-state index in [0.29, 0.717) is 0 Å². The molecule has 0 saturated carbocycles. The van der Waals surface area contributed by atoms with Gasteiger partial charge in [0.05, 0.1) is 0 Å². The lowest BCUT2D eigenvalue weighted by Gasteiger charge is -2.28. The van der Waals surface area contributed by atoms with E-state index >= 15 is 0 Å². The lowest BCUT2D eigenvalue weighted by molar-refractivity contribution is 0.244. The molecule has 11 heavy (non-hydrogen) atoms. The summed E-state index contributed by atoms with van der Waals surface area (Å²) in [6.45, 7) is 8.34. The van der Waals surface area contributed by atoms with Crippen molar-refractivity contribution in [1.82, 2.24) is 10.2 Å². The second-order valence-electron chi connectivity index (χ2n) is 3.10. The minimum atomic E-state index is 0.785. The molecule has 0 bridgehead atoms. The van der Waals surface area contributed by atoms with Gasteiger partial charge in [-0.15, -0.1) is 0 Å². The summed E-state index contributed by atoms with van der Waals surface area (Å²) < 4.78 is 0. The second kappa shape index (κ2) is 5.01. The topological polar surface area (TPSA) is 15.3 Å². The number of hydrogen-bond acceptors (Lipinski definition) is 3. The smallest absolute Gasteiger partial charge is 0.0143 e. The fourth-order valence-corrected chi connectivity index (χ4v) is 1.69. The summed E-state index contributed by atoms with van der Waals surface area (Å²) in [4.78, 5) is 2.54. The molecule has 0 radical (unpaired) electrons. The molecule has 0 spiro atoms. The van der Waals surface area contributed by atoms with Gasteiger partial charge >= 0.3 is 0 Å². The van der Waals surface area contributed by atoms with Crippen molar-refractivity contribution in [3.63, 3.8) is 0 Å². The summed E-state index contributed by atoms with van der Waals surface area (Å²) in [6.07, 6.45) is 2.19. The van der Waals surface area contributed by atoms with E-state index in [1.165, 1.54) is 32.7 Å². The number of nitrogens with zero attached hydrogens (tertiary/aromatic N) is 1. The molecule has 0 aromatic heterocycles. The Kier molecular flexibility index (Phi) is 4.26. The molecule has 1 aliphatic rings. The van der Waals surface area contributed by atoms with Crippen LogP contribution in [0.2, 0.25) is 0 Å². The average molecular weight is 174 g/mol. The van der Waals surface area contributed by atoms with Gasteiger partial charge in [0.2, 0.25) is 0 Å². The first-order chi connectivity index (χ1) is 5.33. The highest BCUT2D eigenvalue weighted by Crippen LogP contribution is 2.07. The van der Waals surface area contributed by atoms with Crippen molar-refractivity contribution in [2.24, 2.45) is 0 Å². The van der Waals surface area contributed by atoms with Crippen LogP contribution in [-0.2, 0) is 0 Å². The van der Waals surface area contributed by atoms with Crippen LogP contribution in [0.4, 0.5) is 0 Å². The van der Waals surface area contributed by atoms with Crippen LogP contribution in [0.1, 0.15) is 6.92 Å². The summed E-state index contributed by atoms with van der Waals surface area (Å²) in [5.41, 5.74) is 0. The second-order valence-corrected chi connectivity index (χ2v) is 4.37. The first-order valence-corrected chi connectivity index (χ1v) is 5.57. The van der Waals surface area contributed by atoms with Crippen LogP contribution in [0.3, 0.4) is 0 Å². The van der Waals surface area contributed by atoms with Gasteiger partial charge < -0.3 is 5.32 Å². The Bertz CT molecular complexity index is 102. The van der Waals surface area contributed by atoms with Gasteiger partial charge in [-0.3, -0.25) is 4.90 Å². The van der Waals surface area contributed by atoms with E-state index < -0.39 is 0 Å². The Labute approximate surface area is 73.7 Å². The highest BCUT2D eigenvalue weighted by atomic mass is 32.2. The van der Waals surface area contributed by atoms with Crippen LogP contribution in [0.15, 0.2) is 0 Å². The fraction of sp³-hybridized carbons (Fsp3) is 1.00. The zero-order valence-electron chi connectivity index (χ0n) is 7.47. The minimum Gasteiger partial charge on any atom is -0.314 e. The molecular weight excluding hydrogens is 156 g/mol. The summed E-state index contributed by atoms with van der Waals surface area (Å²) in [6, 6.07) is 0. The standard InChI is InChI=1S/C8H18N2S/c1-8(11-2)7-10-5-3-9-4-6-10/h8-9H,3-7H2,1-2H3. The first kappa shape index (κ1) is 9.36. The molecule has 1 N–H and O–H groups in total. The van der Waals surface area contributed by atoms with Gasteiger partial charge in [0, 0.05) is 38.0 Å². The molecule has 1 aliphatic heterocycles. The van der Waals surface area contributed by atoms with E-state index in [0.717, 1.165) is 5.25 Å².